The number of rotatable bonds is 10. The Bertz CT molecular complexity index is 469. The highest BCUT2D eigenvalue weighted by Gasteiger charge is 2.11. The van der Waals surface area contributed by atoms with Gasteiger partial charge in [0.25, 0.3) is 0 Å². The van der Waals surface area contributed by atoms with Crippen molar-refractivity contribution >= 4 is 36.3 Å². The van der Waals surface area contributed by atoms with Crippen molar-refractivity contribution in [2.24, 2.45) is 0 Å². The van der Waals surface area contributed by atoms with E-state index in [1.54, 1.807) is 0 Å². The minimum absolute atomic E-state index is 0.0133. The summed E-state index contributed by atoms with van der Waals surface area (Å²) in [6.07, 6.45) is 3.68. The first-order valence-corrected chi connectivity index (χ1v) is 9.04. The number of likely N-dealkylation sites (tertiary alicyclic amines) is 1. The van der Waals surface area contributed by atoms with Crippen LogP contribution in [0.4, 0.5) is 0 Å². The molecule has 0 aliphatic carbocycles. The number of hydrogen-bond acceptors (Lipinski definition) is 6. The molecule has 0 aromatic heterocycles. The van der Waals surface area contributed by atoms with Crippen LogP contribution in [0.1, 0.15) is 19.3 Å². The lowest BCUT2D eigenvalue weighted by atomic mass is 10.1. The quantitative estimate of drug-likeness (QED) is 0.280. The molecule has 1 rings (SSSR count). The molecule has 1 aliphatic rings. The van der Waals surface area contributed by atoms with Crippen molar-refractivity contribution in [3.63, 3.8) is 0 Å². The molecular formula is C15H27N5O4S. The number of carbonyl (C=O) groups excluding carboxylic acids is 4. The van der Waals surface area contributed by atoms with E-state index in [4.69, 9.17) is 0 Å². The Kier molecular flexibility index (Phi) is 10.6. The van der Waals surface area contributed by atoms with E-state index in [2.05, 4.69) is 38.8 Å². The highest BCUT2D eigenvalue weighted by atomic mass is 32.1. The van der Waals surface area contributed by atoms with Gasteiger partial charge in [-0.05, 0) is 25.9 Å². The first-order chi connectivity index (χ1) is 12.0. The third-order valence-corrected chi connectivity index (χ3v) is 3.97. The van der Waals surface area contributed by atoms with Gasteiger partial charge in [0.15, 0.2) is 0 Å². The predicted molar refractivity (Wildman–Crippen MR) is 96.2 cm³/mol. The number of thiol groups is 1. The molecule has 4 amide bonds. The smallest absolute Gasteiger partial charge is 0.239 e. The third kappa shape index (κ3) is 10.6. The third-order valence-electron chi connectivity index (χ3n) is 3.68. The van der Waals surface area contributed by atoms with Gasteiger partial charge in [-0.25, -0.2) is 0 Å². The van der Waals surface area contributed by atoms with Crippen LogP contribution in [-0.2, 0) is 19.2 Å². The van der Waals surface area contributed by atoms with Crippen molar-refractivity contribution < 1.29 is 19.2 Å². The number of piperidine rings is 1. The summed E-state index contributed by atoms with van der Waals surface area (Å²) in [6.45, 7) is 2.90. The molecular weight excluding hydrogens is 346 g/mol. The molecule has 1 aliphatic heterocycles. The molecule has 25 heavy (non-hydrogen) atoms. The van der Waals surface area contributed by atoms with Gasteiger partial charge in [-0.15, -0.1) is 0 Å². The summed E-state index contributed by atoms with van der Waals surface area (Å²) in [5.41, 5.74) is 0. The predicted octanol–water partition coefficient (Wildman–Crippen LogP) is -2.13. The Morgan fingerprint density at radius 3 is 1.72 bits per heavy atom. The number of amides is 4. The Morgan fingerprint density at radius 2 is 1.20 bits per heavy atom. The lowest BCUT2D eigenvalue weighted by Crippen LogP contribution is -2.45. The highest BCUT2D eigenvalue weighted by Crippen LogP contribution is 2.07. The van der Waals surface area contributed by atoms with E-state index in [1.165, 1.54) is 19.3 Å². The molecule has 1 saturated heterocycles. The molecule has 142 valence electrons. The van der Waals surface area contributed by atoms with E-state index in [0.717, 1.165) is 19.6 Å². The van der Waals surface area contributed by atoms with E-state index >= 15 is 0 Å². The molecule has 0 radical (unpaired) electrons. The Balaban J connectivity index is 2.03. The fraction of sp³-hybridized carbons (Fsp3) is 0.733. The second-order valence-corrected chi connectivity index (χ2v) is 6.06. The summed E-state index contributed by atoms with van der Waals surface area (Å²) >= 11 is 3.76. The average Bonchev–Trinajstić information content (AvgIpc) is 2.63. The number of nitrogens with zero attached hydrogens (tertiary/aromatic N) is 1. The minimum atomic E-state index is -0.490. The zero-order chi connectivity index (χ0) is 18.5. The monoisotopic (exact) mass is 373 g/mol. The number of hydrogen-bond donors (Lipinski definition) is 5. The highest BCUT2D eigenvalue weighted by molar-refractivity contribution is 7.81. The van der Waals surface area contributed by atoms with Gasteiger partial charge in [0, 0.05) is 13.1 Å². The van der Waals surface area contributed by atoms with Gasteiger partial charge >= 0.3 is 0 Å². The van der Waals surface area contributed by atoms with E-state index in [9.17, 15) is 19.2 Å². The van der Waals surface area contributed by atoms with Crippen LogP contribution in [0.2, 0.25) is 0 Å². The fourth-order valence-electron chi connectivity index (χ4n) is 2.32. The minimum Gasteiger partial charge on any atom is -0.353 e. The molecule has 10 heteroatoms. The molecule has 0 unspecified atom stereocenters. The zero-order valence-corrected chi connectivity index (χ0v) is 15.2. The molecule has 0 aromatic carbocycles. The van der Waals surface area contributed by atoms with Crippen molar-refractivity contribution in [3.8, 4) is 0 Å². The van der Waals surface area contributed by atoms with Gasteiger partial charge in [0.2, 0.25) is 23.6 Å². The Morgan fingerprint density at radius 1 is 0.720 bits per heavy atom. The summed E-state index contributed by atoms with van der Waals surface area (Å²) in [5.74, 6) is -1.61. The van der Waals surface area contributed by atoms with Gasteiger partial charge in [0.05, 0.1) is 25.4 Å². The van der Waals surface area contributed by atoms with E-state index in [1.807, 2.05) is 0 Å². The van der Waals surface area contributed by atoms with Crippen molar-refractivity contribution in [2.75, 3.05) is 51.6 Å². The first kappa shape index (κ1) is 21.2. The van der Waals surface area contributed by atoms with Crippen molar-refractivity contribution in [1.82, 2.24) is 26.2 Å². The molecule has 1 heterocycles. The molecule has 0 aromatic rings. The van der Waals surface area contributed by atoms with Crippen LogP contribution in [-0.4, -0.2) is 80.1 Å². The van der Waals surface area contributed by atoms with Crippen LogP contribution in [0.25, 0.3) is 0 Å². The van der Waals surface area contributed by atoms with Crippen LogP contribution < -0.4 is 21.3 Å². The summed E-state index contributed by atoms with van der Waals surface area (Å²) in [5, 5.41) is 9.85. The largest absolute Gasteiger partial charge is 0.353 e. The topological polar surface area (TPSA) is 120 Å². The summed E-state index contributed by atoms with van der Waals surface area (Å²) < 4.78 is 0. The van der Waals surface area contributed by atoms with E-state index in [-0.39, 0.29) is 37.2 Å². The lowest BCUT2D eigenvalue weighted by Gasteiger charge is -2.26. The molecule has 0 bridgehead atoms. The normalized spacial score (nSPS) is 14.4. The first-order valence-electron chi connectivity index (χ1n) is 8.41. The standard InChI is InChI=1S/C15H27N5O4S/c21-12(16-4-7-20-5-2-1-3-6-20)8-17-13(22)9-18-14(23)10-19-15(24)11-25/h25H,1-11H2,(H,16,21)(H,17,22)(H,18,23)(H,19,24). The molecule has 0 spiro atoms. The van der Waals surface area contributed by atoms with Crippen LogP contribution in [0.3, 0.4) is 0 Å². The van der Waals surface area contributed by atoms with Crippen molar-refractivity contribution in [1.29, 1.82) is 0 Å². The van der Waals surface area contributed by atoms with Gasteiger partial charge in [-0.3, -0.25) is 19.2 Å². The van der Waals surface area contributed by atoms with E-state index < -0.39 is 11.8 Å². The maximum absolute atomic E-state index is 11.7. The van der Waals surface area contributed by atoms with Crippen LogP contribution >= 0.6 is 12.6 Å². The van der Waals surface area contributed by atoms with Gasteiger partial charge in [-0.1, -0.05) is 6.42 Å². The lowest BCUT2D eigenvalue weighted by molar-refractivity contribution is -0.128. The average molecular weight is 373 g/mol. The SMILES string of the molecule is O=C(CS)NCC(=O)NCC(=O)NCC(=O)NCCN1CCCCC1. The van der Waals surface area contributed by atoms with Gasteiger partial charge in [0.1, 0.15) is 0 Å². The zero-order valence-electron chi connectivity index (χ0n) is 14.3. The van der Waals surface area contributed by atoms with Crippen LogP contribution in [0.5, 0.6) is 0 Å². The maximum atomic E-state index is 11.7. The van der Waals surface area contributed by atoms with Crippen molar-refractivity contribution in [3.05, 3.63) is 0 Å². The Hall–Kier alpha value is -1.81. The molecule has 4 N–H and O–H groups in total. The summed E-state index contributed by atoms with van der Waals surface area (Å²) in [4.78, 5) is 47.8. The van der Waals surface area contributed by atoms with E-state index in [0.29, 0.717) is 6.54 Å². The maximum Gasteiger partial charge on any atom is 0.239 e. The van der Waals surface area contributed by atoms with Gasteiger partial charge < -0.3 is 26.2 Å². The van der Waals surface area contributed by atoms with Gasteiger partial charge in [-0.2, -0.15) is 12.6 Å². The molecule has 0 saturated carbocycles. The second kappa shape index (κ2) is 12.5. The number of carbonyl (C=O) groups is 4. The fourth-order valence-corrected chi connectivity index (χ4v) is 2.43. The Labute approximate surface area is 153 Å². The van der Waals surface area contributed by atoms with Crippen LogP contribution in [0.15, 0.2) is 0 Å². The number of nitrogens with one attached hydrogen (secondary N) is 4. The summed E-state index contributed by atoms with van der Waals surface area (Å²) in [6, 6.07) is 0. The summed E-state index contributed by atoms with van der Waals surface area (Å²) in [7, 11) is 0. The van der Waals surface area contributed by atoms with Crippen molar-refractivity contribution in [2.45, 2.75) is 19.3 Å². The second-order valence-electron chi connectivity index (χ2n) is 5.74. The van der Waals surface area contributed by atoms with Crippen LogP contribution in [0, 0.1) is 0 Å². The molecule has 0 atom stereocenters. The molecule has 9 nitrogen and oxygen atoms in total. The molecule has 1 fully saturated rings.